The van der Waals surface area contributed by atoms with E-state index in [1.807, 2.05) is 6.92 Å². The van der Waals surface area contributed by atoms with Gasteiger partial charge in [0.15, 0.2) is 6.10 Å². The van der Waals surface area contributed by atoms with E-state index in [2.05, 4.69) is 5.16 Å². The van der Waals surface area contributed by atoms with Crippen LogP contribution in [0.25, 0.3) is 0 Å². The van der Waals surface area contributed by atoms with E-state index in [4.69, 9.17) is 9.63 Å². The molecule has 0 aromatic carbocycles. The highest BCUT2D eigenvalue weighted by Gasteiger charge is 2.38. The second-order valence-electron chi connectivity index (χ2n) is 4.27. The third-order valence-corrected chi connectivity index (χ3v) is 2.69. The number of hydrogen-bond donors (Lipinski definition) is 1. The van der Waals surface area contributed by atoms with E-state index < -0.39 is 18.8 Å². The summed E-state index contributed by atoms with van der Waals surface area (Å²) in [6.45, 7) is 3.41. The smallest absolute Gasteiger partial charge is 0.382 e. The molecule has 18 heavy (non-hydrogen) atoms. The number of alkyl halides is 3. The molecule has 7 heteroatoms. The highest BCUT2D eigenvalue weighted by Crippen LogP contribution is 2.22. The normalized spacial score (nSPS) is 14.2. The average Bonchev–Trinajstić information content (AvgIpc) is 2.58. The van der Waals surface area contributed by atoms with Gasteiger partial charge in [-0.15, -0.1) is 0 Å². The molecule has 1 unspecified atom stereocenters. The summed E-state index contributed by atoms with van der Waals surface area (Å²) in [5, 5.41) is 12.8. The van der Waals surface area contributed by atoms with E-state index >= 15 is 0 Å². The fourth-order valence-corrected chi connectivity index (χ4v) is 1.65. The Morgan fingerprint density at radius 1 is 1.44 bits per heavy atom. The Kier molecular flexibility index (Phi) is 4.75. The van der Waals surface area contributed by atoms with Gasteiger partial charge in [-0.25, -0.2) is 0 Å². The van der Waals surface area contributed by atoms with Gasteiger partial charge in [-0.1, -0.05) is 12.1 Å². The summed E-state index contributed by atoms with van der Waals surface area (Å²) in [6, 6.07) is 0. The van der Waals surface area contributed by atoms with Crippen molar-refractivity contribution >= 4 is 0 Å². The van der Waals surface area contributed by atoms with Crippen molar-refractivity contribution in [2.45, 2.75) is 39.1 Å². The summed E-state index contributed by atoms with van der Waals surface area (Å²) < 4.78 is 41.6. The molecule has 1 heterocycles. The zero-order valence-electron chi connectivity index (χ0n) is 10.6. The Balaban J connectivity index is 2.65. The van der Waals surface area contributed by atoms with E-state index in [1.165, 1.54) is 11.9 Å². The Morgan fingerprint density at radius 3 is 2.56 bits per heavy atom. The van der Waals surface area contributed by atoms with Crippen molar-refractivity contribution in [2.75, 3.05) is 13.6 Å². The van der Waals surface area contributed by atoms with Crippen LogP contribution in [0.4, 0.5) is 13.2 Å². The lowest BCUT2D eigenvalue weighted by atomic mass is 10.1. The van der Waals surface area contributed by atoms with Crippen molar-refractivity contribution in [3.8, 4) is 0 Å². The fourth-order valence-electron chi connectivity index (χ4n) is 1.65. The van der Waals surface area contributed by atoms with Crippen molar-refractivity contribution in [1.29, 1.82) is 0 Å². The number of likely N-dealkylation sites (N-methyl/N-ethyl adjacent to an activating group) is 1. The first-order valence-corrected chi connectivity index (χ1v) is 5.63. The van der Waals surface area contributed by atoms with Crippen molar-refractivity contribution in [2.24, 2.45) is 0 Å². The standard InChI is InChI=1S/C11H17F3N2O2/c1-4-9-8(7(2)18-15-9)5-16(3)6-10(17)11(12,13)14/h10,17H,4-6H2,1-3H3. The zero-order valence-corrected chi connectivity index (χ0v) is 10.6. The first-order valence-electron chi connectivity index (χ1n) is 5.63. The van der Waals surface area contributed by atoms with Gasteiger partial charge in [-0.3, -0.25) is 4.90 Å². The van der Waals surface area contributed by atoms with Gasteiger partial charge < -0.3 is 9.63 Å². The summed E-state index contributed by atoms with van der Waals surface area (Å²) in [7, 11) is 1.51. The summed E-state index contributed by atoms with van der Waals surface area (Å²) in [5.74, 6) is 0.597. The largest absolute Gasteiger partial charge is 0.415 e. The second kappa shape index (κ2) is 5.71. The molecular weight excluding hydrogens is 249 g/mol. The summed E-state index contributed by atoms with van der Waals surface area (Å²) in [5.41, 5.74) is 1.52. The van der Waals surface area contributed by atoms with E-state index in [1.54, 1.807) is 6.92 Å². The monoisotopic (exact) mass is 266 g/mol. The third-order valence-electron chi connectivity index (χ3n) is 2.69. The van der Waals surface area contributed by atoms with E-state index in [9.17, 15) is 13.2 Å². The number of nitrogens with zero attached hydrogens (tertiary/aromatic N) is 2. The van der Waals surface area contributed by atoms with Crippen LogP contribution in [-0.4, -0.2) is 41.0 Å². The van der Waals surface area contributed by atoms with Gasteiger partial charge in [-0.2, -0.15) is 13.2 Å². The number of aromatic nitrogens is 1. The summed E-state index contributed by atoms with van der Waals surface area (Å²) in [6.07, 6.45) is -6.28. The Labute approximate surface area is 103 Å². The maximum absolute atomic E-state index is 12.2. The Hall–Kier alpha value is -1.08. The van der Waals surface area contributed by atoms with E-state index in [0.29, 0.717) is 12.2 Å². The number of aryl methyl sites for hydroxylation is 2. The summed E-state index contributed by atoms with van der Waals surface area (Å²) in [4.78, 5) is 1.40. The molecule has 1 rings (SSSR count). The maximum Gasteiger partial charge on any atom is 0.415 e. The SMILES string of the molecule is CCc1noc(C)c1CN(C)CC(O)C(F)(F)F. The molecule has 1 aromatic rings. The molecule has 0 radical (unpaired) electrons. The highest BCUT2D eigenvalue weighted by molar-refractivity contribution is 5.21. The molecule has 0 spiro atoms. The molecule has 1 atom stereocenters. The van der Waals surface area contributed by atoms with Gasteiger partial charge in [0.05, 0.1) is 5.69 Å². The molecule has 0 saturated heterocycles. The first-order chi connectivity index (χ1) is 8.25. The van der Waals surface area contributed by atoms with E-state index in [0.717, 1.165) is 11.3 Å². The lowest BCUT2D eigenvalue weighted by molar-refractivity contribution is -0.207. The molecule has 0 aliphatic rings. The number of halogens is 3. The van der Waals surface area contributed by atoms with Crippen LogP contribution in [0.3, 0.4) is 0 Å². The third kappa shape index (κ3) is 3.71. The van der Waals surface area contributed by atoms with Crippen LogP contribution >= 0.6 is 0 Å². The number of hydrogen-bond acceptors (Lipinski definition) is 4. The predicted octanol–water partition coefficient (Wildman–Crippen LogP) is 1.90. The van der Waals surface area contributed by atoms with E-state index in [-0.39, 0.29) is 6.54 Å². The minimum absolute atomic E-state index is 0.269. The van der Waals surface area contributed by atoms with Crippen molar-refractivity contribution < 1.29 is 22.8 Å². The number of aliphatic hydroxyl groups excluding tert-OH is 1. The van der Waals surface area contributed by atoms with Crippen molar-refractivity contribution in [3.05, 3.63) is 17.0 Å². The molecule has 104 valence electrons. The lowest BCUT2D eigenvalue weighted by Gasteiger charge is -2.22. The van der Waals surface area contributed by atoms with Gasteiger partial charge in [0.2, 0.25) is 0 Å². The van der Waals surface area contributed by atoms with Gasteiger partial charge in [0, 0.05) is 18.7 Å². The van der Waals surface area contributed by atoms with Crippen molar-refractivity contribution in [1.82, 2.24) is 10.1 Å². The number of rotatable bonds is 5. The van der Waals surface area contributed by atoms with Crippen LogP contribution in [0.1, 0.15) is 23.9 Å². The quantitative estimate of drug-likeness (QED) is 0.884. The van der Waals surface area contributed by atoms with Crippen LogP contribution in [0.5, 0.6) is 0 Å². The van der Waals surface area contributed by atoms with Gasteiger partial charge >= 0.3 is 6.18 Å². The Morgan fingerprint density at radius 2 is 2.06 bits per heavy atom. The van der Waals surface area contributed by atoms with Crippen molar-refractivity contribution in [3.63, 3.8) is 0 Å². The molecule has 0 bridgehead atoms. The zero-order chi connectivity index (χ0) is 13.9. The van der Waals surface area contributed by atoms with Crippen LogP contribution in [0, 0.1) is 6.92 Å². The first kappa shape index (κ1) is 15.0. The molecule has 4 nitrogen and oxygen atoms in total. The topological polar surface area (TPSA) is 49.5 Å². The average molecular weight is 266 g/mol. The molecule has 0 amide bonds. The van der Waals surface area contributed by atoms with Gasteiger partial charge in [0.1, 0.15) is 5.76 Å². The predicted molar refractivity (Wildman–Crippen MR) is 59.0 cm³/mol. The molecule has 0 fully saturated rings. The summed E-state index contributed by atoms with van der Waals surface area (Å²) >= 11 is 0. The highest BCUT2D eigenvalue weighted by atomic mass is 19.4. The van der Waals surface area contributed by atoms with Crippen LogP contribution < -0.4 is 0 Å². The molecule has 0 aliphatic heterocycles. The van der Waals surface area contributed by atoms with Gasteiger partial charge in [0.25, 0.3) is 0 Å². The maximum atomic E-state index is 12.2. The van der Waals surface area contributed by atoms with Crippen LogP contribution in [-0.2, 0) is 13.0 Å². The van der Waals surface area contributed by atoms with Crippen LogP contribution in [0.2, 0.25) is 0 Å². The van der Waals surface area contributed by atoms with Gasteiger partial charge in [-0.05, 0) is 20.4 Å². The minimum atomic E-state index is -4.59. The number of aliphatic hydroxyl groups is 1. The minimum Gasteiger partial charge on any atom is -0.382 e. The molecular formula is C11H17F3N2O2. The Bertz CT molecular complexity index is 390. The fraction of sp³-hybridized carbons (Fsp3) is 0.727. The molecule has 1 N–H and O–H groups in total. The van der Waals surface area contributed by atoms with Crippen LogP contribution in [0.15, 0.2) is 4.52 Å². The molecule has 1 aromatic heterocycles. The molecule has 0 aliphatic carbocycles. The lowest BCUT2D eigenvalue weighted by Crippen LogP contribution is -2.39. The molecule has 0 saturated carbocycles. The second-order valence-corrected chi connectivity index (χ2v) is 4.27.